The van der Waals surface area contributed by atoms with Crippen molar-refractivity contribution in [3.8, 4) is 0 Å². The molecule has 0 radical (unpaired) electrons. The Hall–Kier alpha value is -1.21. The van der Waals surface area contributed by atoms with E-state index in [1.807, 2.05) is 0 Å². The predicted octanol–water partition coefficient (Wildman–Crippen LogP) is 10.3. The standard InChI is InChI=1S/C35H67O8P/c1-3-5-7-9-11-13-15-17-18-20-22-24-26-28-30-35(37)43-33(32-42-44(38,39)40)31-41-34(36)29-27-25-23-21-19-16-14-12-10-8-6-4-2/h12,14,33H,3-11,13,15-32H2,1-2H3,(H2,38,39,40)/b14-12-/t33-/m1/s1. The van der Waals surface area contributed by atoms with Gasteiger partial charge in [0.05, 0.1) is 6.61 Å². The van der Waals surface area contributed by atoms with E-state index >= 15 is 0 Å². The smallest absolute Gasteiger partial charge is 0.462 e. The molecule has 0 rings (SSSR count). The first-order chi connectivity index (χ1) is 21.3. The number of rotatable bonds is 33. The molecule has 0 aromatic carbocycles. The van der Waals surface area contributed by atoms with Crippen molar-refractivity contribution in [3.05, 3.63) is 12.2 Å². The molecule has 0 fully saturated rings. The van der Waals surface area contributed by atoms with Crippen LogP contribution in [-0.4, -0.2) is 41.0 Å². The van der Waals surface area contributed by atoms with Gasteiger partial charge in [0.2, 0.25) is 0 Å². The van der Waals surface area contributed by atoms with E-state index in [0.29, 0.717) is 12.8 Å². The summed E-state index contributed by atoms with van der Waals surface area (Å²) in [6, 6.07) is 0. The maximum absolute atomic E-state index is 12.3. The minimum absolute atomic E-state index is 0.215. The number of allylic oxidation sites excluding steroid dienone is 2. The summed E-state index contributed by atoms with van der Waals surface area (Å²) in [4.78, 5) is 42.6. The van der Waals surface area contributed by atoms with E-state index in [2.05, 4.69) is 30.5 Å². The second-order valence-electron chi connectivity index (χ2n) is 12.2. The first kappa shape index (κ1) is 42.8. The van der Waals surface area contributed by atoms with Gasteiger partial charge in [-0.2, -0.15) is 0 Å². The molecule has 1 atom stereocenters. The quantitative estimate of drug-likeness (QED) is 0.0313. The molecule has 9 heteroatoms. The van der Waals surface area contributed by atoms with Gasteiger partial charge < -0.3 is 19.3 Å². The van der Waals surface area contributed by atoms with Gasteiger partial charge in [0.25, 0.3) is 0 Å². The molecule has 0 unspecified atom stereocenters. The van der Waals surface area contributed by atoms with Crippen LogP contribution in [0.5, 0.6) is 0 Å². The molecule has 2 N–H and O–H groups in total. The van der Waals surface area contributed by atoms with Crippen LogP contribution < -0.4 is 0 Å². The molecular formula is C35H67O8P. The zero-order chi connectivity index (χ0) is 32.6. The molecule has 8 nitrogen and oxygen atoms in total. The van der Waals surface area contributed by atoms with Gasteiger partial charge in [-0.15, -0.1) is 0 Å². The van der Waals surface area contributed by atoms with Crippen LogP contribution in [0.1, 0.15) is 181 Å². The molecule has 0 aromatic rings. The Bertz CT molecular complexity index is 736. The highest BCUT2D eigenvalue weighted by Gasteiger charge is 2.22. The Balaban J connectivity index is 3.97. The Kier molecular flexibility index (Phi) is 30.9. The maximum atomic E-state index is 12.3. The minimum Gasteiger partial charge on any atom is -0.462 e. The largest absolute Gasteiger partial charge is 0.469 e. The molecule has 260 valence electrons. The van der Waals surface area contributed by atoms with Gasteiger partial charge in [-0.3, -0.25) is 14.1 Å². The van der Waals surface area contributed by atoms with Crippen LogP contribution in [0.4, 0.5) is 0 Å². The first-order valence-electron chi connectivity index (χ1n) is 18.0. The van der Waals surface area contributed by atoms with E-state index in [0.717, 1.165) is 51.4 Å². The molecule has 0 spiro atoms. The van der Waals surface area contributed by atoms with Crippen molar-refractivity contribution in [1.82, 2.24) is 0 Å². The SMILES string of the molecule is CCCCC/C=C\CCCCCCCC(=O)OC[C@H](COP(=O)(O)O)OC(=O)CCCCCCCCCCCCCCCC. The average molecular weight is 647 g/mol. The number of ether oxygens (including phenoxy) is 2. The summed E-state index contributed by atoms with van der Waals surface area (Å²) >= 11 is 0. The zero-order valence-corrected chi connectivity index (χ0v) is 29.2. The number of phosphoric acid groups is 1. The van der Waals surface area contributed by atoms with Crippen LogP contribution in [0.25, 0.3) is 0 Å². The summed E-state index contributed by atoms with van der Waals surface area (Å²) in [5, 5.41) is 0. The topological polar surface area (TPSA) is 119 Å². The molecule has 0 aliphatic heterocycles. The summed E-state index contributed by atoms with van der Waals surface area (Å²) in [6.07, 6.45) is 32.2. The molecule has 0 heterocycles. The van der Waals surface area contributed by atoms with Crippen LogP contribution in [0.3, 0.4) is 0 Å². The Labute approximate surface area is 269 Å². The second kappa shape index (κ2) is 31.8. The highest BCUT2D eigenvalue weighted by molar-refractivity contribution is 7.46. The van der Waals surface area contributed by atoms with Crippen molar-refractivity contribution in [2.75, 3.05) is 13.2 Å². The molecule has 0 aromatic heterocycles. The summed E-state index contributed by atoms with van der Waals surface area (Å²) in [5.74, 6) is -0.890. The van der Waals surface area contributed by atoms with Crippen molar-refractivity contribution in [2.45, 2.75) is 187 Å². The number of hydrogen-bond donors (Lipinski definition) is 2. The normalized spacial score (nSPS) is 12.5. The highest BCUT2D eigenvalue weighted by atomic mass is 31.2. The highest BCUT2D eigenvalue weighted by Crippen LogP contribution is 2.36. The van der Waals surface area contributed by atoms with Gasteiger partial charge in [-0.05, 0) is 38.5 Å². The van der Waals surface area contributed by atoms with Crippen LogP contribution in [-0.2, 0) is 28.2 Å². The number of carbonyl (C=O) groups excluding carboxylic acids is 2. The lowest BCUT2D eigenvalue weighted by atomic mass is 10.0. The third kappa shape index (κ3) is 33.7. The number of phosphoric ester groups is 1. The lowest BCUT2D eigenvalue weighted by Crippen LogP contribution is -2.29. The van der Waals surface area contributed by atoms with E-state index in [9.17, 15) is 14.2 Å². The molecule has 0 saturated heterocycles. The summed E-state index contributed by atoms with van der Waals surface area (Å²) in [7, 11) is -4.74. The lowest BCUT2D eigenvalue weighted by molar-refractivity contribution is -0.161. The third-order valence-corrected chi connectivity index (χ3v) is 8.27. The van der Waals surface area contributed by atoms with Crippen molar-refractivity contribution < 1.29 is 37.9 Å². The van der Waals surface area contributed by atoms with Crippen molar-refractivity contribution in [1.29, 1.82) is 0 Å². The predicted molar refractivity (Wildman–Crippen MR) is 179 cm³/mol. The summed E-state index contributed by atoms with van der Waals surface area (Å²) < 4.78 is 26.2. The van der Waals surface area contributed by atoms with Gasteiger partial charge in [-0.25, -0.2) is 4.57 Å². The van der Waals surface area contributed by atoms with Crippen LogP contribution in [0, 0.1) is 0 Å². The van der Waals surface area contributed by atoms with E-state index in [4.69, 9.17) is 19.3 Å². The number of hydrogen-bond acceptors (Lipinski definition) is 6. The van der Waals surface area contributed by atoms with Gasteiger partial charge in [0.1, 0.15) is 6.61 Å². The number of unbranched alkanes of at least 4 members (excludes halogenated alkanes) is 21. The van der Waals surface area contributed by atoms with Crippen LogP contribution in [0.15, 0.2) is 12.2 Å². The minimum atomic E-state index is -4.74. The second-order valence-corrected chi connectivity index (χ2v) is 13.4. The molecular weight excluding hydrogens is 579 g/mol. The first-order valence-corrected chi connectivity index (χ1v) is 19.5. The lowest BCUT2D eigenvalue weighted by Gasteiger charge is -2.18. The van der Waals surface area contributed by atoms with E-state index < -0.39 is 32.5 Å². The van der Waals surface area contributed by atoms with Crippen molar-refractivity contribution in [2.24, 2.45) is 0 Å². The monoisotopic (exact) mass is 646 g/mol. The van der Waals surface area contributed by atoms with Gasteiger partial charge >= 0.3 is 19.8 Å². The molecule has 0 aliphatic carbocycles. The number of carbonyl (C=O) groups is 2. The third-order valence-electron chi connectivity index (χ3n) is 7.78. The molecule has 0 amide bonds. The Morgan fingerprint density at radius 3 is 1.43 bits per heavy atom. The van der Waals surface area contributed by atoms with E-state index in [1.165, 1.54) is 89.9 Å². The molecule has 0 saturated carbocycles. The fourth-order valence-corrected chi connectivity index (χ4v) is 5.43. The van der Waals surface area contributed by atoms with Crippen molar-refractivity contribution in [3.63, 3.8) is 0 Å². The van der Waals surface area contributed by atoms with E-state index in [-0.39, 0.29) is 19.4 Å². The maximum Gasteiger partial charge on any atom is 0.469 e. The van der Waals surface area contributed by atoms with Gasteiger partial charge in [0.15, 0.2) is 6.10 Å². The summed E-state index contributed by atoms with van der Waals surface area (Å²) in [5.41, 5.74) is 0. The van der Waals surface area contributed by atoms with Gasteiger partial charge in [-0.1, -0.05) is 142 Å². The summed E-state index contributed by atoms with van der Waals surface area (Å²) in [6.45, 7) is 3.64. The zero-order valence-electron chi connectivity index (χ0n) is 28.3. The van der Waals surface area contributed by atoms with E-state index in [1.54, 1.807) is 0 Å². The average Bonchev–Trinajstić information content (AvgIpc) is 2.98. The molecule has 0 aliphatic rings. The van der Waals surface area contributed by atoms with Gasteiger partial charge in [0, 0.05) is 12.8 Å². The molecule has 44 heavy (non-hydrogen) atoms. The Morgan fingerprint density at radius 1 is 0.568 bits per heavy atom. The molecule has 0 bridgehead atoms. The van der Waals surface area contributed by atoms with Crippen LogP contribution in [0.2, 0.25) is 0 Å². The fourth-order valence-electron chi connectivity index (χ4n) is 5.07. The Morgan fingerprint density at radius 2 is 0.955 bits per heavy atom. The number of esters is 2. The van der Waals surface area contributed by atoms with Crippen molar-refractivity contribution >= 4 is 19.8 Å². The fraction of sp³-hybridized carbons (Fsp3) is 0.886. The van der Waals surface area contributed by atoms with Crippen LogP contribution >= 0.6 is 7.82 Å².